The van der Waals surface area contributed by atoms with Crippen LogP contribution in [0.15, 0.2) is 84.9 Å². The number of alkyl carbamates (subject to hydrolysis) is 1. The van der Waals surface area contributed by atoms with Crippen molar-refractivity contribution in [3.8, 4) is 5.69 Å². The standard InChI is InChI=1S/C25H22N4O3/c1-18-27-28-23(16-26-25(31)32-17-19-10-4-2-5-11-19)29(18)22-15-9-8-14-21(22)24(30)20-12-6-3-7-13-20/h2-15H,16-17H2,1H3,(H,26,31). The summed E-state index contributed by atoms with van der Waals surface area (Å²) in [5, 5.41) is 11.0. The number of aryl methyl sites for hydroxylation is 1. The summed E-state index contributed by atoms with van der Waals surface area (Å²) in [6.45, 7) is 2.07. The predicted octanol–water partition coefficient (Wildman–Crippen LogP) is 4.23. The van der Waals surface area contributed by atoms with Crippen LogP contribution in [0.4, 0.5) is 4.79 Å². The van der Waals surface area contributed by atoms with Gasteiger partial charge in [0.05, 0.1) is 12.2 Å². The van der Waals surface area contributed by atoms with E-state index in [2.05, 4.69) is 15.5 Å². The SMILES string of the molecule is Cc1nnc(CNC(=O)OCc2ccccc2)n1-c1ccccc1C(=O)c1ccccc1. The highest BCUT2D eigenvalue weighted by Crippen LogP contribution is 2.21. The van der Waals surface area contributed by atoms with Crippen LogP contribution in [-0.2, 0) is 17.9 Å². The molecular weight excluding hydrogens is 404 g/mol. The molecule has 0 aliphatic heterocycles. The molecular formula is C25H22N4O3. The van der Waals surface area contributed by atoms with Crippen molar-refractivity contribution in [2.75, 3.05) is 0 Å². The number of benzene rings is 3. The quantitative estimate of drug-likeness (QED) is 0.447. The molecule has 160 valence electrons. The molecule has 0 bridgehead atoms. The van der Waals surface area contributed by atoms with E-state index in [9.17, 15) is 9.59 Å². The minimum atomic E-state index is -0.560. The number of ketones is 1. The fourth-order valence-electron chi connectivity index (χ4n) is 3.37. The summed E-state index contributed by atoms with van der Waals surface area (Å²) in [6, 6.07) is 25.8. The highest BCUT2D eigenvalue weighted by molar-refractivity contribution is 6.11. The Bertz CT molecular complexity index is 1220. The summed E-state index contributed by atoms with van der Waals surface area (Å²) < 4.78 is 7.03. The van der Waals surface area contributed by atoms with Gasteiger partial charge in [0.25, 0.3) is 0 Å². The van der Waals surface area contributed by atoms with Gasteiger partial charge in [-0.15, -0.1) is 10.2 Å². The molecule has 0 saturated heterocycles. The number of carbonyl (C=O) groups excluding carboxylic acids is 2. The van der Waals surface area contributed by atoms with Crippen molar-refractivity contribution in [3.05, 3.63) is 113 Å². The van der Waals surface area contributed by atoms with Crippen molar-refractivity contribution in [1.82, 2.24) is 20.1 Å². The number of para-hydroxylation sites is 1. The zero-order valence-electron chi connectivity index (χ0n) is 17.6. The molecule has 0 radical (unpaired) electrons. The van der Waals surface area contributed by atoms with E-state index in [0.29, 0.717) is 28.5 Å². The van der Waals surface area contributed by atoms with Gasteiger partial charge in [-0.3, -0.25) is 9.36 Å². The van der Waals surface area contributed by atoms with Crippen LogP contribution >= 0.6 is 0 Å². The minimum absolute atomic E-state index is 0.0995. The molecule has 0 fully saturated rings. The maximum atomic E-state index is 13.1. The van der Waals surface area contributed by atoms with E-state index in [1.807, 2.05) is 66.7 Å². The fraction of sp³-hybridized carbons (Fsp3) is 0.120. The van der Waals surface area contributed by atoms with Gasteiger partial charge < -0.3 is 10.1 Å². The number of carbonyl (C=O) groups is 2. The molecule has 0 atom stereocenters. The lowest BCUT2D eigenvalue weighted by atomic mass is 10.0. The molecule has 4 aromatic rings. The predicted molar refractivity (Wildman–Crippen MR) is 119 cm³/mol. The summed E-state index contributed by atoms with van der Waals surface area (Å²) in [6.07, 6.45) is -0.560. The third-order valence-electron chi connectivity index (χ3n) is 4.92. The number of nitrogens with zero attached hydrogens (tertiary/aromatic N) is 3. The molecule has 0 saturated carbocycles. The van der Waals surface area contributed by atoms with Crippen molar-refractivity contribution in [2.24, 2.45) is 0 Å². The van der Waals surface area contributed by atoms with Crippen LogP contribution in [0.5, 0.6) is 0 Å². The highest BCUT2D eigenvalue weighted by atomic mass is 16.5. The Kier molecular flexibility index (Phi) is 6.36. The topological polar surface area (TPSA) is 86.1 Å². The highest BCUT2D eigenvalue weighted by Gasteiger charge is 2.19. The second kappa shape index (κ2) is 9.70. The average Bonchev–Trinajstić information content (AvgIpc) is 3.22. The molecule has 7 nitrogen and oxygen atoms in total. The van der Waals surface area contributed by atoms with Gasteiger partial charge in [-0.25, -0.2) is 4.79 Å². The molecule has 4 rings (SSSR count). The maximum absolute atomic E-state index is 13.1. The van der Waals surface area contributed by atoms with E-state index in [1.165, 1.54) is 0 Å². The van der Waals surface area contributed by atoms with Gasteiger partial charge in [-0.05, 0) is 24.6 Å². The first-order valence-corrected chi connectivity index (χ1v) is 10.2. The van der Waals surface area contributed by atoms with Crippen LogP contribution in [0.2, 0.25) is 0 Å². The lowest BCUT2D eigenvalue weighted by Crippen LogP contribution is -2.25. The Morgan fingerprint density at radius 2 is 1.53 bits per heavy atom. The molecule has 1 aromatic heterocycles. The van der Waals surface area contributed by atoms with Crippen molar-refractivity contribution < 1.29 is 14.3 Å². The zero-order valence-corrected chi connectivity index (χ0v) is 17.6. The first kappa shape index (κ1) is 21.0. The summed E-state index contributed by atoms with van der Waals surface area (Å²) in [5.41, 5.74) is 2.66. The van der Waals surface area contributed by atoms with Gasteiger partial charge in [0.1, 0.15) is 12.4 Å². The molecule has 0 aliphatic rings. The molecule has 1 N–H and O–H groups in total. The lowest BCUT2D eigenvalue weighted by molar-refractivity contribution is 0.103. The van der Waals surface area contributed by atoms with E-state index in [1.54, 1.807) is 29.7 Å². The number of nitrogens with one attached hydrogen (secondary N) is 1. The number of ether oxygens (including phenoxy) is 1. The molecule has 7 heteroatoms. The first-order valence-electron chi connectivity index (χ1n) is 10.2. The van der Waals surface area contributed by atoms with Crippen LogP contribution in [0.25, 0.3) is 5.69 Å². The average molecular weight is 426 g/mol. The normalized spacial score (nSPS) is 10.5. The summed E-state index contributed by atoms with van der Waals surface area (Å²) in [4.78, 5) is 25.3. The molecule has 3 aromatic carbocycles. The van der Waals surface area contributed by atoms with Crippen LogP contribution in [0.3, 0.4) is 0 Å². The van der Waals surface area contributed by atoms with Crippen LogP contribution < -0.4 is 5.32 Å². The van der Waals surface area contributed by atoms with Crippen molar-refractivity contribution >= 4 is 11.9 Å². The zero-order chi connectivity index (χ0) is 22.3. The Morgan fingerprint density at radius 1 is 0.875 bits per heavy atom. The van der Waals surface area contributed by atoms with Crippen molar-refractivity contribution in [1.29, 1.82) is 0 Å². The summed E-state index contributed by atoms with van der Waals surface area (Å²) in [5.74, 6) is 0.996. The number of amides is 1. The third kappa shape index (κ3) is 4.73. The van der Waals surface area contributed by atoms with Gasteiger partial charge in [0, 0.05) is 11.1 Å². The second-order valence-corrected chi connectivity index (χ2v) is 7.13. The van der Waals surface area contributed by atoms with Crippen LogP contribution in [0, 0.1) is 6.92 Å². The smallest absolute Gasteiger partial charge is 0.407 e. The Labute approximate surface area is 185 Å². The maximum Gasteiger partial charge on any atom is 0.407 e. The summed E-state index contributed by atoms with van der Waals surface area (Å²) >= 11 is 0. The Morgan fingerprint density at radius 3 is 2.28 bits per heavy atom. The molecule has 0 spiro atoms. The molecule has 1 amide bonds. The Hall–Kier alpha value is -4.26. The fourth-order valence-corrected chi connectivity index (χ4v) is 3.37. The van der Waals surface area contributed by atoms with E-state index < -0.39 is 6.09 Å². The first-order chi connectivity index (χ1) is 15.6. The lowest BCUT2D eigenvalue weighted by Gasteiger charge is -2.14. The largest absolute Gasteiger partial charge is 0.445 e. The van der Waals surface area contributed by atoms with E-state index in [4.69, 9.17) is 4.74 Å². The second-order valence-electron chi connectivity index (χ2n) is 7.13. The number of aromatic nitrogens is 3. The van der Waals surface area contributed by atoms with Gasteiger partial charge in [-0.1, -0.05) is 72.8 Å². The van der Waals surface area contributed by atoms with Gasteiger partial charge in [-0.2, -0.15) is 0 Å². The van der Waals surface area contributed by atoms with Gasteiger partial charge in [0.2, 0.25) is 0 Å². The third-order valence-corrected chi connectivity index (χ3v) is 4.92. The van der Waals surface area contributed by atoms with E-state index in [0.717, 1.165) is 5.56 Å². The monoisotopic (exact) mass is 426 g/mol. The minimum Gasteiger partial charge on any atom is -0.445 e. The molecule has 0 unspecified atom stereocenters. The number of rotatable bonds is 7. The molecule has 32 heavy (non-hydrogen) atoms. The van der Waals surface area contributed by atoms with Crippen LogP contribution in [0.1, 0.15) is 33.1 Å². The van der Waals surface area contributed by atoms with Crippen LogP contribution in [-0.4, -0.2) is 26.6 Å². The molecule has 0 aliphatic carbocycles. The van der Waals surface area contributed by atoms with Crippen molar-refractivity contribution in [2.45, 2.75) is 20.1 Å². The van der Waals surface area contributed by atoms with Gasteiger partial charge >= 0.3 is 6.09 Å². The van der Waals surface area contributed by atoms with E-state index in [-0.39, 0.29) is 18.9 Å². The number of hydrogen-bond acceptors (Lipinski definition) is 5. The summed E-state index contributed by atoms with van der Waals surface area (Å²) in [7, 11) is 0. The van der Waals surface area contributed by atoms with E-state index >= 15 is 0 Å². The van der Waals surface area contributed by atoms with Crippen molar-refractivity contribution in [3.63, 3.8) is 0 Å². The van der Waals surface area contributed by atoms with Gasteiger partial charge in [0.15, 0.2) is 11.6 Å². The molecule has 1 heterocycles. The number of hydrogen-bond donors (Lipinski definition) is 1. The Balaban J connectivity index is 1.52.